The lowest BCUT2D eigenvalue weighted by Crippen LogP contribution is -2.34. The highest BCUT2D eigenvalue weighted by Gasteiger charge is 2.22. The first-order chi connectivity index (χ1) is 9.22. The highest BCUT2D eigenvalue weighted by Crippen LogP contribution is 2.18. The first-order valence-corrected chi connectivity index (χ1v) is 6.92. The van der Waals surface area contributed by atoms with E-state index < -0.39 is 0 Å². The van der Waals surface area contributed by atoms with Gasteiger partial charge in [-0.1, -0.05) is 11.8 Å². The van der Waals surface area contributed by atoms with Crippen molar-refractivity contribution in [3.8, 4) is 11.8 Å². The molecule has 0 bridgehead atoms. The first-order valence-electron chi connectivity index (χ1n) is 6.05. The molecule has 0 spiro atoms. The lowest BCUT2D eigenvalue weighted by Gasteiger charge is -2.18. The molecule has 1 fully saturated rings. The minimum Gasteiger partial charge on any atom is -0.354 e. The van der Waals surface area contributed by atoms with Crippen molar-refractivity contribution in [2.75, 3.05) is 26.2 Å². The molecule has 1 aliphatic heterocycles. The molecule has 2 heterocycles. The van der Waals surface area contributed by atoms with Crippen LogP contribution in [0.4, 0.5) is 0 Å². The van der Waals surface area contributed by atoms with Crippen LogP contribution in [0.25, 0.3) is 0 Å². The van der Waals surface area contributed by atoms with Crippen LogP contribution in [0.2, 0.25) is 0 Å². The molecular formula is C13H15N3O2S. The molecule has 1 saturated heterocycles. The minimum absolute atomic E-state index is 0.00961. The van der Waals surface area contributed by atoms with Crippen LogP contribution in [0, 0.1) is 11.8 Å². The molecule has 0 aromatic carbocycles. The predicted molar refractivity (Wildman–Crippen MR) is 73.8 cm³/mol. The van der Waals surface area contributed by atoms with Crippen LogP contribution in [0.15, 0.2) is 11.4 Å². The Balaban J connectivity index is 2.15. The van der Waals surface area contributed by atoms with Crippen LogP contribution < -0.4 is 11.1 Å². The summed E-state index contributed by atoms with van der Waals surface area (Å²) in [6, 6.07) is 1.82. The molecule has 0 unspecified atom stereocenters. The fourth-order valence-corrected chi connectivity index (χ4v) is 2.65. The number of carbonyl (C=O) groups is 2. The maximum Gasteiger partial charge on any atom is 0.265 e. The zero-order chi connectivity index (χ0) is 13.7. The molecule has 1 aromatic rings. The average Bonchev–Trinajstić information content (AvgIpc) is 2.77. The number of carbonyl (C=O) groups excluding carboxylic acids is 2. The van der Waals surface area contributed by atoms with Gasteiger partial charge in [0.1, 0.15) is 4.88 Å². The minimum atomic E-state index is -0.0622. The summed E-state index contributed by atoms with van der Waals surface area (Å²) in [5.74, 6) is 5.59. The van der Waals surface area contributed by atoms with Crippen molar-refractivity contribution in [1.29, 1.82) is 0 Å². The van der Waals surface area contributed by atoms with E-state index in [1.807, 2.05) is 11.4 Å². The normalized spacial score (nSPS) is 15.2. The van der Waals surface area contributed by atoms with Crippen LogP contribution >= 0.6 is 11.3 Å². The molecule has 100 valence electrons. The maximum absolute atomic E-state index is 12.4. The van der Waals surface area contributed by atoms with Gasteiger partial charge in [-0.25, -0.2) is 0 Å². The number of nitrogens with one attached hydrogen (secondary N) is 1. The van der Waals surface area contributed by atoms with Crippen molar-refractivity contribution in [2.24, 2.45) is 5.73 Å². The van der Waals surface area contributed by atoms with Gasteiger partial charge in [0.25, 0.3) is 5.91 Å². The first kappa shape index (κ1) is 13.6. The van der Waals surface area contributed by atoms with Crippen molar-refractivity contribution in [3.05, 3.63) is 21.9 Å². The lowest BCUT2D eigenvalue weighted by atomic mass is 10.2. The van der Waals surface area contributed by atoms with E-state index in [0.29, 0.717) is 36.5 Å². The number of amides is 2. The Labute approximate surface area is 115 Å². The number of hydrogen-bond donors (Lipinski definition) is 2. The van der Waals surface area contributed by atoms with Crippen LogP contribution in [-0.2, 0) is 4.79 Å². The van der Waals surface area contributed by atoms with E-state index >= 15 is 0 Å². The molecule has 0 atom stereocenters. The fourth-order valence-electron chi connectivity index (χ4n) is 1.83. The number of rotatable bonds is 1. The summed E-state index contributed by atoms with van der Waals surface area (Å²) in [5.41, 5.74) is 6.05. The van der Waals surface area contributed by atoms with Crippen molar-refractivity contribution in [3.63, 3.8) is 0 Å². The van der Waals surface area contributed by atoms with E-state index in [1.54, 1.807) is 4.90 Å². The van der Waals surface area contributed by atoms with Crippen molar-refractivity contribution >= 4 is 23.2 Å². The zero-order valence-electron chi connectivity index (χ0n) is 10.4. The molecule has 19 heavy (non-hydrogen) atoms. The molecule has 6 heteroatoms. The van der Waals surface area contributed by atoms with Crippen molar-refractivity contribution in [2.45, 2.75) is 6.42 Å². The molecule has 0 aliphatic carbocycles. The fraction of sp³-hybridized carbons (Fsp3) is 0.385. The third kappa shape index (κ3) is 3.34. The van der Waals surface area contributed by atoms with Gasteiger partial charge in [0.2, 0.25) is 5.91 Å². The van der Waals surface area contributed by atoms with E-state index in [2.05, 4.69) is 17.2 Å². The second kappa shape index (κ2) is 6.36. The third-order valence-corrected chi connectivity index (χ3v) is 3.69. The Morgan fingerprint density at radius 1 is 1.53 bits per heavy atom. The third-order valence-electron chi connectivity index (χ3n) is 2.78. The van der Waals surface area contributed by atoms with Gasteiger partial charge in [0.05, 0.1) is 6.54 Å². The second-order valence-corrected chi connectivity index (χ2v) is 4.98. The van der Waals surface area contributed by atoms with Gasteiger partial charge in [-0.2, -0.15) is 0 Å². The van der Waals surface area contributed by atoms with Gasteiger partial charge in [-0.05, 0) is 11.4 Å². The van der Waals surface area contributed by atoms with Crippen LogP contribution in [0.1, 0.15) is 21.7 Å². The van der Waals surface area contributed by atoms with E-state index in [9.17, 15) is 9.59 Å². The van der Waals surface area contributed by atoms with Crippen LogP contribution in [-0.4, -0.2) is 42.9 Å². The lowest BCUT2D eigenvalue weighted by molar-refractivity contribution is -0.120. The topological polar surface area (TPSA) is 75.4 Å². The summed E-state index contributed by atoms with van der Waals surface area (Å²) in [6.45, 7) is 1.75. The van der Waals surface area contributed by atoms with Gasteiger partial charge >= 0.3 is 0 Å². The SMILES string of the molecule is NCC#Cc1ccsc1C(=O)N1CCNC(=O)CC1. The van der Waals surface area contributed by atoms with Crippen molar-refractivity contribution in [1.82, 2.24) is 10.2 Å². The standard InChI is InChI=1S/C13H15N3O2S/c14-5-1-2-10-4-9-19-12(10)13(18)16-7-3-11(17)15-6-8-16/h4,9H,3,5-8,14H2,(H,15,17). The van der Waals surface area contributed by atoms with Crippen LogP contribution in [0.5, 0.6) is 0 Å². The van der Waals surface area contributed by atoms with E-state index in [0.717, 1.165) is 0 Å². The van der Waals surface area contributed by atoms with Gasteiger partial charge < -0.3 is 16.0 Å². The molecular weight excluding hydrogens is 262 g/mol. The van der Waals surface area contributed by atoms with Gasteiger partial charge in [0.15, 0.2) is 0 Å². The molecule has 2 amide bonds. The Bertz CT molecular complexity index is 542. The van der Waals surface area contributed by atoms with Gasteiger partial charge in [-0.3, -0.25) is 9.59 Å². The summed E-state index contributed by atoms with van der Waals surface area (Å²) in [6.07, 6.45) is 0.348. The Hall–Kier alpha value is -1.84. The van der Waals surface area contributed by atoms with E-state index in [1.165, 1.54) is 11.3 Å². The quantitative estimate of drug-likeness (QED) is 0.711. The Morgan fingerprint density at radius 3 is 3.16 bits per heavy atom. The van der Waals surface area contributed by atoms with Gasteiger partial charge in [-0.15, -0.1) is 11.3 Å². The molecule has 0 radical (unpaired) electrons. The molecule has 2 rings (SSSR count). The monoisotopic (exact) mass is 277 g/mol. The number of hydrogen-bond acceptors (Lipinski definition) is 4. The maximum atomic E-state index is 12.4. The highest BCUT2D eigenvalue weighted by molar-refractivity contribution is 7.12. The van der Waals surface area contributed by atoms with Crippen LogP contribution in [0.3, 0.4) is 0 Å². The average molecular weight is 277 g/mol. The van der Waals surface area contributed by atoms with Crippen molar-refractivity contribution < 1.29 is 9.59 Å². The number of thiophene rings is 1. The molecule has 1 aromatic heterocycles. The highest BCUT2D eigenvalue weighted by atomic mass is 32.1. The Morgan fingerprint density at radius 2 is 2.37 bits per heavy atom. The van der Waals surface area contributed by atoms with E-state index in [4.69, 9.17) is 5.73 Å². The zero-order valence-corrected chi connectivity index (χ0v) is 11.3. The number of nitrogens with two attached hydrogens (primary N) is 1. The summed E-state index contributed by atoms with van der Waals surface area (Å²) < 4.78 is 0. The summed E-state index contributed by atoms with van der Waals surface area (Å²) in [5, 5.41) is 4.59. The molecule has 0 saturated carbocycles. The van der Waals surface area contributed by atoms with E-state index in [-0.39, 0.29) is 18.4 Å². The Kier molecular flexibility index (Phi) is 4.55. The summed E-state index contributed by atoms with van der Waals surface area (Å²) in [7, 11) is 0. The molecule has 3 N–H and O–H groups in total. The van der Waals surface area contributed by atoms with Gasteiger partial charge in [0, 0.05) is 31.6 Å². The summed E-state index contributed by atoms with van der Waals surface area (Å²) >= 11 is 1.37. The largest absolute Gasteiger partial charge is 0.354 e. The smallest absolute Gasteiger partial charge is 0.265 e. The second-order valence-electron chi connectivity index (χ2n) is 4.06. The molecule has 1 aliphatic rings. The predicted octanol–water partition coefficient (Wildman–Crippen LogP) is 0.0204. The summed E-state index contributed by atoms with van der Waals surface area (Å²) in [4.78, 5) is 26.0. The molecule has 5 nitrogen and oxygen atoms in total. The number of nitrogens with zero attached hydrogens (tertiary/aromatic N) is 1.